The summed E-state index contributed by atoms with van der Waals surface area (Å²) in [5.41, 5.74) is 3.32. The smallest absolute Gasteiger partial charge is 0.312 e. The molecule has 1 heterocycles. The zero-order valence-electron chi connectivity index (χ0n) is 12.4. The zero-order chi connectivity index (χ0) is 15.7. The van der Waals surface area contributed by atoms with Crippen molar-refractivity contribution in [2.45, 2.75) is 19.3 Å². The number of ether oxygens (including phenoxy) is 2. The first-order chi connectivity index (χ1) is 10.6. The number of rotatable bonds is 2. The van der Waals surface area contributed by atoms with E-state index in [1.807, 2.05) is 37.3 Å². The SMILES string of the molecule is COc1cc(C)cc2c1C(c1cccc(C#N)c1)CC(=O)O2. The lowest BCUT2D eigenvalue weighted by Crippen LogP contribution is -2.22. The number of nitrogens with zero attached hydrogens (tertiary/aromatic N) is 1. The quantitative estimate of drug-likeness (QED) is 0.629. The van der Waals surface area contributed by atoms with Crippen molar-refractivity contribution >= 4 is 5.97 Å². The van der Waals surface area contributed by atoms with Crippen molar-refractivity contribution in [2.24, 2.45) is 0 Å². The first-order valence-corrected chi connectivity index (χ1v) is 7.01. The lowest BCUT2D eigenvalue weighted by molar-refractivity contribution is -0.135. The molecule has 0 radical (unpaired) electrons. The highest BCUT2D eigenvalue weighted by atomic mass is 16.5. The van der Waals surface area contributed by atoms with Crippen LogP contribution in [0, 0.1) is 18.3 Å². The number of carbonyl (C=O) groups is 1. The number of hydrogen-bond acceptors (Lipinski definition) is 4. The molecule has 0 saturated heterocycles. The van der Waals surface area contributed by atoms with Crippen LogP contribution < -0.4 is 9.47 Å². The fourth-order valence-corrected chi connectivity index (χ4v) is 2.87. The summed E-state index contributed by atoms with van der Waals surface area (Å²) in [6, 6.07) is 13.2. The van der Waals surface area contributed by atoms with Gasteiger partial charge in [0.1, 0.15) is 11.5 Å². The van der Waals surface area contributed by atoms with Crippen LogP contribution in [-0.4, -0.2) is 13.1 Å². The molecule has 0 saturated carbocycles. The molecule has 4 heteroatoms. The van der Waals surface area contributed by atoms with E-state index in [1.54, 1.807) is 13.2 Å². The van der Waals surface area contributed by atoms with Gasteiger partial charge in [-0.2, -0.15) is 5.26 Å². The summed E-state index contributed by atoms with van der Waals surface area (Å²) in [4.78, 5) is 11.9. The molecule has 0 aliphatic carbocycles. The molecule has 1 aliphatic heterocycles. The molecule has 2 aromatic rings. The van der Waals surface area contributed by atoms with Gasteiger partial charge in [-0.3, -0.25) is 4.79 Å². The lowest BCUT2D eigenvalue weighted by Gasteiger charge is -2.27. The summed E-state index contributed by atoms with van der Waals surface area (Å²) in [5.74, 6) is 0.808. The fourth-order valence-electron chi connectivity index (χ4n) is 2.87. The van der Waals surface area contributed by atoms with Crippen molar-refractivity contribution in [3.63, 3.8) is 0 Å². The van der Waals surface area contributed by atoms with Crippen LogP contribution in [0.15, 0.2) is 36.4 Å². The van der Waals surface area contributed by atoms with Gasteiger partial charge < -0.3 is 9.47 Å². The second-order valence-electron chi connectivity index (χ2n) is 5.35. The molecule has 22 heavy (non-hydrogen) atoms. The van der Waals surface area contributed by atoms with E-state index in [1.165, 1.54) is 0 Å². The summed E-state index contributed by atoms with van der Waals surface area (Å²) in [5, 5.41) is 9.08. The minimum Gasteiger partial charge on any atom is -0.496 e. The number of esters is 1. The Morgan fingerprint density at radius 3 is 2.86 bits per heavy atom. The highest BCUT2D eigenvalue weighted by Gasteiger charge is 2.31. The molecule has 110 valence electrons. The predicted molar refractivity (Wildman–Crippen MR) is 81.0 cm³/mol. The Balaban J connectivity index is 2.19. The van der Waals surface area contributed by atoms with Crippen molar-refractivity contribution in [1.29, 1.82) is 5.26 Å². The Labute approximate surface area is 128 Å². The Kier molecular flexibility index (Phi) is 3.56. The number of hydrogen-bond donors (Lipinski definition) is 0. The first-order valence-electron chi connectivity index (χ1n) is 7.01. The van der Waals surface area contributed by atoms with Crippen LogP contribution in [0.3, 0.4) is 0 Å². The molecule has 0 fully saturated rings. The Hall–Kier alpha value is -2.80. The van der Waals surface area contributed by atoms with Crippen molar-refractivity contribution in [3.8, 4) is 17.6 Å². The highest BCUT2D eigenvalue weighted by Crippen LogP contribution is 2.44. The second-order valence-corrected chi connectivity index (χ2v) is 5.35. The van der Waals surface area contributed by atoms with E-state index < -0.39 is 0 Å². The molecular formula is C18H15NO3. The van der Waals surface area contributed by atoms with E-state index in [9.17, 15) is 4.79 Å². The third kappa shape index (κ3) is 2.42. The van der Waals surface area contributed by atoms with Gasteiger partial charge in [0, 0.05) is 11.5 Å². The van der Waals surface area contributed by atoms with Crippen LogP contribution in [0.25, 0.3) is 0 Å². The van der Waals surface area contributed by atoms with Crippen LogP contribution in [0.5, 0.6) is 11.5 Å². The van der Waals surface area contributed by atoms with Crippen molar-refractivity contribution in [2.75, 3.05) is 7.11 Å². The van der Waals surface area contributed by atoms with Gasteiger partial charge in [0.25, 0.3) is 0 Å². The molecule has 0 amide bonds. The molecule has 4 nitrogen and oxygen atoms in total. The topological polar surface area (TPSA) is 59.3 Å². The molecule has 1 unspecified atom stereocenters. The van der Waals surface area contributed by atoms with Gasteiger partial charge >= 0.3 is 5.97 Å². The van der Waals surface area contributed by atoms with E-state index in [-0.39, 0.29) is 18.3 Å². The minimum atomic E-state index is -0.271. The summed E-state index contributed by atoms with van der Waals surface area (Å²) in [6.45, 7) is 1.93. The molecule has 0 aromatic heterocycles. The fraction of sp³-hybridized carbons (Fsp3) is 0.222. The molecule has 1 atom stereocenters. The molecule has 1 aliphatic rings. The van der Waals surface area contributed by atoms with Crippen molar-refractivity contribution in [1.82, 2.24) is 0 Å². The highest BCUT2D eigenvalue weighted by molar-refractivity contribution is 5.79. The Morgan fingerprint density at radius 2 is 2.14 bits per heavy atom. The van der Waals surface area contributed by atoms with E-state index in [2.05, 4.69) is 6.07 Å². The maximum atomic E-state index is 11.9. The Morgan fingerprint density at radius 1 is 1.32 bits per heavy atom. The number of carbonyl (C=O) groups excluding carboxylic acids is 1. The molecule has 2 aromatic carbocycles. The summed E-state index contributed by atoms with van der Waals surface area (Å²) >= 11 is 0. The maximum absolute atomic E-state index is 11.9. The third-order valence-electron chi connectivity index (χ3n) is 3.83. The van der Waals surface area contributed by atoms with Crippen LogP contribution in [0.4, 0.5) is 0 Å². The third-order valence-corrected chi connectivity index (χ3v) is 3.83. The van der Waals surface area contributed by atoms with Gasteiger partial charge in [-0.1, -0.05) is 12.1 Å². The number of nitriles is 1. The average Bonchev–Trinajstić information content (AvgIpc) is 2.52. The average molecular weight is 293 g/mol. The first kappa shape index (κ1) is 14.2. The van der Waals surface area contributed by atoms with Crippen molar-refractivity contribution in [3.05, 3.63) is 58.7 Å². The predicted octanol–water partition coefficient (Wildman–Crippen LogP) is 3.32. The van der Waals surface area contributed by atoms with Gasteiger partial charge in [0.15, 0.2) is 0 Å². The molecule has 3 rings (SSSR count). The summed E-state index contributed by atoms with van der Waals surface area (Å²) in [7, 11) is 1.61. The number of methoxy groups -OCH3 is 1. The van der Waals surface area contributed by atoms with Crippen LogP contribution in [0.2, 0.25) is 0 Å². The van der Waals surface area contributed by atoms with Crippen molar-refractivity contribution < 1.29 is 14.3 Å². The molecule has 0 bridgehead atoms. The van der Waals surface area contributed by atoms with Gasteiger partial charge in [-0.15, -0.1) is 0 Å². The summed E-state index contributed by atoms with van der Waals surface area (Å²) < 4.78 is 10.9. The van der Waals surface area contributed by atoms with E-state index in [4.69, 9.17) is 14.7 Å². The normalized spacial score (nSPS) is 16.4. The minimum absolute atomic E-state index is 0.167. The van der Waals surface area contributed by atoms with Gasteiger partial charge in [0.05, 0.1) is 25.2 Å². The van der Waals surface area contributed by atoms with Crippen LogP contribution >= 0.6 is 0 Å². The zero-order valence-corrected chi connectivity index (χ0v) is 12.4. The molecular weight excluding hydrogens is 278 g/mol. The monoisotopic (exact) mass is 293 g/mol. The largest absolute Gasteiger partial charge is 0.496 e. The second kappa shape index (κ2) is 5.53. The number of fused-ring (bicyclic) bond motifs is 1. The standard InChI is InChI=1S/C18H15NO3/c1-11-6-15(21-2)18-14(9-17(20)22-16(18)7-11)13-5-3-4-12(8-13)10-19/h3-8,14H,9H2,1-2H3. The Bertz CT molecular complexity index is 789. The van der Waals surface area contributed by atoms with E-state index in [0.29, 0.717) is 17.1 Å². The molecule has 0 N–H and O–H groups in total. The lowest BCUT2D eigenvalue weighted by atomic mass is 9.84. The van der Waals surface area contributed by atoms with Crippen LogP contribution in [-0.2, 0) is 4.79 Å². The molecule has 0 spiro atoms. The summed E-state index contributed by atoms with van der Waals surface area (Å²) in [6.07, 6.45) is 0.237. The maximum Gasteiger partial charge on any atom is 0.312 e. The number of aryl methyl sites for hydroxylation is 1. The van der Waals surface area contributed by atoms with Gasteiger partial charge in [-0.25, -0.2) is 0 Å². The number of benzene rings is 2. The van der Waals surface area contributed by atoms with Gasteiger partial charge in [-0.05, 0) is 42.3 Å². The van der Waals surface area contributed by atoms with Gasteiger partial charge in [0.2, 0.25) is 0 Å². The van der Waals surface area contributed by atoms with E-state index in [0.717, 1.165) is 16.7 Å². The van der Waals surface area contributed by atoms with E-state index >= 15 is 0 Å². The van der Waals surface area contributed by atoms with Crippen LogP contribution in [0.1, 0.15) is 34.6 Å².